The lowest BCUT2D eigenvalue weighted by Gasteiger charge is -2.34. The van der Waals surface area contributed by atoms with Crippen LogP contribution in [0.25, 0.3) is 0 Å². The molecule has 1 aromatic rings. The van der Waals surface area contributed by atoms with Crippen LogP contribution in [0.3, 0.4) is 0 Å². The zero-order chi connectivity index (χ0) is 15.6. The number of rotatable bonds is 4. The Morgan fingerprint density at radius 3 is 2.38 bits per heavy atom. The summed E-state index contributed by atoms with van der Waals surface area (Å²) in [5.41, 5.74) is 0. The zero-order valence-electron chi connectivity index (χ0n) is 12.2. The smallest absolute Gasteiger partial charge is 0.243 e. The Kier molecular flexibility index (Phi) is 5.40. The Morgan fingerprint density at radius 2 is 1.86 bits per heavy atom. The van der Waals surface area contributed by atoms with Crippen molar-refractivity contribution < 1.29 is 12.8 Å². The van der Waals surface area contributed by atoms with Gasteiger partial charge in [0.15, 0.2) is 0 Å². The van der Waals surface area contributed by atoms with Crippen LogP contribution in [0.2, 0.25) is 0 Å². The lowest BCUT2D eigenvalue weighted by molar-refractivity contribution is 0.172. The molecule has 21 heavy (non-hydrogen) atoms. The molecule has 0 amide bonds. The van der Waals surface area contributed by atoms with Gasteiger partial charge in [-0.15, -0.1) is 0 Å². The third kappa shape index (κ3) is 4.03. The topological polar surface area (TPSA) is 40.6 Å². The molecule has 1 heterocycles. The van der Waals surface area contributed by atoms with Crippen molar-refractivity contribution in [1.82, 2.24) is 9.21 Å². The monoisotopic (exact) mass is 378 g/mol. The maximum Gasteiger partial charge on any atom is 0.243 e. The largest absolute Gasteiger partial charge is 0.300 e. The molecule has 0 N–H and O–H groups in total. The van der Waals surface area contributed by atoms with E-state index >= 15 is 0 Å². The molecule has 1 aromatic carbocycles. The van der Waals surface area contributed by atoms with E-state index in [-0.39, 0.29) is 9.37 Å². The molecule has 1 aliphatic rings. The van der Waals surface area contributed by atoms with Gasteiger partial charge < -0.3 is 4.90 Å². The average molecular weight is 379 g/mol. The van der Waals surface area contributed by atoms with Gasteiger partial charge in [-0.1, -0.05) is 13.8 Å². The van der Waals surface area contributed by atoms with Crippen molar-refractivity contribution in [3.63, 3.8) is 0 Å². The molecule has 0 saturated carbocycles. The number of halogens is 2. The molecule has 4 nitrogen and oxygen atoms in total. The lowest BCUT2D eigenvalue weighted by atomic mass is 10.2. The number of benzene rings is 1. The first-order chi connectivity index (χ1) is 9.80. The maximum absolute atomic E-state index is 13.5. The van der Waals surface area contributed by atoms with Crippen molar-refractivity contribution in [2.45, 2.75) is 18.7 Å². The summed E-state index contributed by atoms with van der Waals surface area (Å²) in [6, 6.07) is 3.93. The molecule has 1 aliphatic heterocycles. The summed E-state index contributed by atoms with van der Waals surface area (Å²) in [7, 11) is -3.61. The second-order valence-electron chi connectivity index (χ2n) is 5.67. The van der Waals surface area contributed by atoms with Crippen molar-refractivity contribution in [2.75, 3.05) is 32.7 Å². The summed E-state index contributed by atoms with van der Waals surface area (Å²) in [5.74, 6) is 0.00300. The third-order valence-electron chi connectivity index (χ3n) is 3.48. The van der Waals surface area contributed by atoms with Gasteiger partial charge in [0.25, 0.3) is 0 Å². The van der Waals surface area contributed by atoms with Gasteiger partial charge >= 0.3 is 0 Å². The summed E-state index contributed by atoms with van der Waals surface area (Å²) in [6.07, 6.45) is 0. The molecular formula is C14H20BrFN2O2S. The standard InChI is InChI=1S/C14H20BrFN2O2S/c1-11(2)10-17-5-7-18(8-6-17)21(19,20)12-3-4-13(15)14(16)9-12/h3-4,9,11H,5-8,10H2,1-2H3. The predicted molar refractivity (Wildman–Crippen MR) is 84.1 cm³/mol. The SMILES string of the molecule is CC(C)CN1CCN(S(=O)(=O)c2ccc(Br)c(F)c2)CC1. The highest BCUT2D eigenvalue weighted by Crippen LogP contribution is 2.23. The van der Waals surface area contributed by atoms with Gasteiger partial charge in [0.1, 0.15) is 5.82 Å². The molecular weight excluding hydrogens is 359 g/mol. The van der Waals surface area contributed by atoms with Gasteiger partial charge in [0.2, 0.25) is 10.0 Å². The molecule has 118 valence electrons. The number of hydrogen-bond acceptors (Lipinski definition) is 3. The molecule has 0 aliphatic carbocycles. The van der Waals surface area contributed by atoms with E-state index in [1.807, 2.05) is 0 Å². The number of piperazine rings is 1. The fraction of sp³-hybridized carbons (Fsp3) is 0.571. The van der Waals surface area contributed by atoms with Crippen LogP contribution in [0.1, 0.15) is 13.8 Å². The van der Waals surface area contributed by atoms with Crippen molar-refractivity contribution in [3.05, 3.63) is 28.5 Å². The van der Waals surface area contributed by atoms with Crippen LogP contribution in [0, 0.1) is 11.7 Å². The Labute approximate surface area is 134 Å². The van der Waals surface area contributed by atoms with Gasteiger partial charge in [-0.25, -0.2) is 12.8 Å². The van der Waals surface area contributed by atoms with Gasteiger partial charge in [0.05, 0.1) is 9.37 Å². The van der Waals surface area contributed by atoms with E-state index in [1.54, 1.807) is 0 Å². The molecule has 0 bridgehead atoms. The minimum atomic E-state index is -3.61. The van der Waals surface area contributed by atoms with Crippen LogP contribution in [-0.2, 0) is 10.0 Å². The van der Waals surface area contributed by atoms with E-state index in [1.165, 1.54) is 16.4 Å². The van der Waals surface area contributed by atoms with Crippen LogP contribution >= 0.6 is 15.9 Å². The van der Waals surface area contributed by atoms with E-state index in [2.05, 4.69) is 34.7 Å². The fourth-order valence-electron chi connectivity index (χ4n) is 2.46. The highest BCUT2D eigenvalue weighted by molar-refractivity contribution is 9.10. The second-order valence-corrected chi connectivity index (χ2v) is 8.47. The maximum atomic E-state index is 13.5. The van der Waals surface area contributed by atoms with Crippen LogP contribution in [0.15, 0.2) is 27.6 Å². The highest BCUT2D eigenvalue weighted by atomic mass is 79.9. The number of nitrogens with zero attached hydrogens (tertiary/aromatic N) is 2. The van der Waals surface area contributed by atoms with Gasteiger partial charge in [-0.3, -0.25) is 0 Å². The molecule has 7 heteroatoms. The first-order valence-electron chi connectivity index (χ1n) is 6.98. The second kappa shape index (κ2) is 6.73. The summed E-state index contributed by atoms with van der Waals surface area (Å²) in [6.45, 7) is 7.61. The minimum Gasteiger partial charge on any atom is -0.300 e. The van der Waals surface area contributed by atoms with E-state index in [0.717, 1.165) is 25.7 Å². The quantitative estimate of drug-likeness (QED) is 0.808. The van der Waals surface area contributed by atoms with Crippen LogP contribution < -0.4 is 0 Å². The van der Waals surface area contributed by atoms with Gasteiger partial charge in [-0.2, -0.15) is 4.31 Å². The molecule has 1 fully saturated rings. The van der Waals surface area contributed by atoms with E-state index in [9.17, 15) is 12.8 Å². The van der Waals surface area contributed by atoms with Gasteiger partial charge in [0, 0.05) is 32.7 Å². The van der Waals surface area contributed by atoms with Crippen molar-refractivity contribution >= 4 is 26.0 Å². The van der Waals surface area contributed by atoms with Crippen molar-refractivity contribution in [1.29, 1.82) is 0 Å². The predicted octanol–water partition coefficient (Wildman–Crippen LogP) is 2.55. The van der Waals surface area contributed by atoms with Crippen molar-refractivity contribution in [3.8, 4) is 0 Å². The van der Waals surface area contributed by atoms with Gasteiger partial charge in [-0.05, 0) is 40.0 Å². The Morgan fingerprint density at radius 1 is 1.24 bits per heavy atom. The normalized spacial score (nSPS) is 18.3. The van der Waals surface area contributed by atoms with Crippen LogP contribution in [0.5, 0.6) is 0 Å². The molecule has 0 aromatic heterocycles. The summed E-state index contributed by atoms with van der Waals surface area (Å²) < 4.78 is 40.3. The van der Waals surface area contributed by atoms with E-state index in [0.29, 0.717) is 19.0 Å². The summed E-state index contributed by atoms with van der Waals surface area (Å²) >= 11 is 3.03. The summed E-state index contributed by atoms with van der Waals surface area (Å²) in [4.78, 5) is 2.28. The van der Waals surface area contributed by atoms with E-state index < -0.39 is 15.8 Å². The molecule has 0 radical (unpaired) electrons. The minimum absolute atomic E-state index is 0.0144. The fourth-order valence-corrected chi connectivity index (χ4v) is 4.14. The first kappa shape index (κ1) is 16.9. The van der Waals surface area contributed by atoms with Crippen LogP contribution in [0.4, 0.5) is 4.39 Å². The van der Waals surface area contributed by atoms with Crippen LogP contribution in [-0.4, -0.2) is 50.3 Å². The number of sulfonamides is 1. The average Bonchev–Trinajstić information content (AvgIpc) is 2.41. The molecule has 0 atom stereocenters. The highest BCUT2D eigenvalue weighted by Gasteiger charge is 2.29. The van der Waals surface area contributed by atoms with E-state index in [4.69, 9.17) is 0 Å². The number of hydrogen-bond donors (Lipinski definition) is 0. The van der Waals surface area contributed by atoms with Crippen molar-refractivity contribution in [2.24, 2.45) is 5.92 Å². The Balaban J connectivity index is 2.09. The molecule has 1 saturated heterocycles. The third-order valence-corrected chi connectivity index (χ3v) is 6.02. The molecule has 0 spiro atoms. The zero-order valence-corrected chi connectivity index (χ0v) is 14.6. The summed E-state index contributed by atoms with van der Waals surface area (Å²) in [5, 5.41) is 0. The lowest BCUT2D eigenvalue weighted by Crippen LogP contribution is -2.49. The first-order valence-corrected chi connectivity index (χ1v) is 9.21. The Hall–Kier alpha value is -0.500. The Bertz CT molecular complexity index is 599. The molecule has 0 unspecified atom stereocenters. The molecule has 2 rings (SSSR count).